The molecule has 1 amide bonds. The number of benzene rings is 1. The van der Waals surface area contributed by atoms with Crippen molar-refractivity contribution in [1.82, 2.24) is 14.7 Å². The lowest BCUT2D eigenvalue weighted by atomic mass is 9.97. The van der Waals surface area contributed by atoms with Gasteiger partial charge in [-0.1, -0.05) is 12.1 Å². The average molecular weight is 386 g/mol. The highest BCUT2D eigenvalue weighted by Crippen LogP contribution is 2.23. The zero-order chi connectivity index (χ0) is 20.4. The van der Waals surface area contributed by atoms with Crippen LogP contribution in [0, 0.1) is 23.0 Å². The lowest BCUT2D eigenvalue weighted by Gasteiger charge is -2.29. The summed E-state index contributed by atoms with van der Waals surface area (Å²) in [6.07, 6.45) is 0.594. The van der Waals surface area contributed by atoms with Crippen LogP contribution in [0.4, 0.5) is 5.69 Å². The third-order valence-corrected chi connectivity index (χ3v) is 4.75. The van der Waals surface area contributed by atoms with E-state index in [1.54, 1.807) is 13.0 Å². The summed E-state index contributed by atoms with van der Waals surface area (Å²) in [4.78, 5) is 48.3. The lowest BCUT2D eigenvalue weighted by molar-refractivity contribution is -0.384. The Morgan fingerprint density at radius 2 is 1.89 bits per heavy atom. The smallest absolute Gasteiger partial charge is 0.306 e. The molecule has 28 heavy (non-hydrogen) atoms. The highest BCUT2D eigenvalue weighted by molar-refractivity contribution is 5.92. The predicted octanol–water partition coefficient (Wildman–Crippen LogP) is 1.39. The third-order valence-electron chi connectivity index (χ3n) is 4.75. The second-order valence-corrected chi connectivity index (χ2v) is 6.56. The number of aliphatic carboxylic acids is 1. The third kappa shape index (κ3) is 3.61. The standard InChI is InChI=1S/C18H18N4O6/c1-11-10-15(23)16(17(24)20-8-6-12(7-9-20)18(25)26)19-21(11)13-4-2-3-5-14(13)22(27)28/h2-5,10,12H,6-9H2,1H3,(H,25,26). The second-order valence-electron chi connectivity index (χ2n) is 6.56. The molecule has 1 aromatic heterocycles. The first-order chi connectivity index (χ1) is 13.3. The van der Waals surface area contributed by atoms with Crippen LogP contribution in [0.15, 0.2) is 35.1 Å². The van der Waals surface area contributed by atoms with Crippen molar-refractivity contribution in [3.63, 3.8) is 0 Å². The summed E-state index contributed by atoms with van der Waals surface area (Å²) in [6.45, 7) is 1.98. The molecule has 0 bridgehead atoms. The maximum absolute atomic E-state index is 12.8. The number of likely N-dealkylation sites (tertiary alicyclic amines) is 1. The van der Waals surface area contributed by atoms with E-state index in [0.717, 1.165) is 0 Å². The first kappa shape index (κ1) is 19.2. The molecular formula is C18H18N4O6. The number of aromatic nitrogens is 2. The van der Waals surface area contributed by atoms with Gasteiger partial charge in [0.05, 0.1) is 10.8 Å². The highest BCUT2D eigenvalue weighted by atomic mass is 16.6. The minimum absolute atomic E-state index is 0.142. The van der Waals surface area contributed by atoms with Crippen LogP contribution in [-0.4, -0.2) is 49.7 Å². The zero-order valence-corrected chi connectivity index (χ0v) is 15.1. The average Bonchev–Trinajstić information content (AvgIpc) is 2.67. The lowest BCUT2D eigenvalue weighted by Crippen LogP contribution is -2.42. The molecule has 1 N–H and O–H groups in total. The SMILES string of the molecule is Cc1cc(=O)c(C(=O)N2CCC(C(=O)O)CC2)nn1-c1ccccc1[N+](=O)[O-]. The predicted molar refractivity (Wildman–Crippen MR) is 97.5 cm³/mol. The molecular weight excluding hydrogens is 368 g/mol. The minimum atomic E-state index is -0.903. The number of carbonyl (C=O) groups excluding carboxylic acids is 1. The van der Waals surface area contributed by atoms with Gasteiger partial charge >= 0.3 is 5.97 Å². The van der Waals surface area contributed by atoms with Gasteiger partial charge in [0.25, 0.3) is 11.6 Å². The number of nitro groups is 1. The summed E-state index contributed by atoms with van der Waals surface area (Å²) in [6, 6.07) is 7.11. The van der Waals surface area contributed by atoms with E-state index in [9.17, 15) is 24.5 Å². The highest BCUT2D eigenvalue weighted by Gasteiger charge is 2.30. The maximum atomic E-state index is 12.8. The molecule has 1 fully saturated rings. The fraction of sp³-hybridized carbons (Fsp3) is 0.333. The number of para-hydroxylation sites is 2. The van der Waals surface area contributed by atoms with E-state index < -0.39 is 28.1 Å². The number of amides is 1. The monoisotopic (exact) mass is 386 g/mol. The topological polar surface area (TPSA) is 136 Å². The van der Waals surface area contributed by atoms with Gasteiger partial charge in [-0.15, -0.1) is 0 Å². The Morgan fingerprint density at radius 3 is 2.50 bits per heavy atom. The molecule has 0 aliphatic carbocycles. The summed E-state index contributed by atoms with van der Waals surface area (Å²) in [7, 11) is 0. The van der Waals surface area contributed by atoms with Gasteiger partial charge in [0.1, 0.15) is 5.69 Å². The quantitative estimate of drug-likeness (QED) is 0.619. The van der Waals surface area contributed by atoms with Gasteiger partial charge in [-0.3, -0.25) is 24.5 Å². The van der Waals surface area contributed by atoms with Crippen molar-refractivity contribution < 1.29 is 19.6 Å². The number of hydrogen-bond acceptors (Lipinski definition) is 6. The van der Waals surface area contributed by atoms with Crippen LogP contribution in [0.25, 0.3) is 5.69 Å². The molecule has 0 saturated carbocycles. The van der Waals surface area contributed by atoms with Gasteiger partial charge in [-0.2, -0.15) is 5.10 Å². The Labute approximate surface area is 159 Å². The number of hydrogen-bond donors (Lipinski definition) is 1. The summed E-state index contributed by atoms with van der Waals surface area (Å²) >= 11 is 0. The van der Waals surface area contributed by atoms with E-state index in [-0.39, 0.29) is 30.2 Å². The van der Waals surface area contributed by atoms with Crippen molar-refractivity contribution >= 4 is 17.6 Å². The molecule has 0 spiro atoms. The van der Waals surface area contributed by atoms with E-state index in [1.165, 1.54) is 33.8 Å². The number of carboxylic acid groups (broad SMARTS) is 1. The van der Waals surface area contributed by atoms with Crippen molar-refractivity contribution in [3.8, 4) is 5.69 Å². The molecule has 3 rings (SSSR count). The summed E-state index contributed by atoms with van der Waals surface area (Å²) < 4.78 is 1.21. The summed E-state index contributed by atoms with van der Waals surface area (Å²) in [5.74, 6) is -2.03. The van der Waals surface area contributed by atoms with Gasteiger partial charge in [0.15, 0.2) is 5.69 Å². The molecule has 1 saturated heterocycles. The number of rotatable bonds is 4. The van der Waals surface area contributed by atoms with Crippen molar-refractivity contribution in [2.24, 2.45) is 5.92 Å². The number of carboxylic acids is 1. The van der Waals surface area contributed by atoms with Crippen LogP contribution >= 0.6 is 0 Å². The molecule has 10 nitrogen and oxygen atoms in total. The Bertz CT molecular complexity index is 1010. The molecule has 1 aliphatic rings. The van der Waals surface area contributed by atoms with Crippen molar-refractivity contribution in [2.45, 2.75) is 19.8 Å². The minimum Gasteiger partial charge on any atom is -0.481 e. The van der Waals surface area contributed by atoms with E-state index in [1.807, 2.05) is 0 Å². The van der Waals surface area contributed by atoms with E-state index >= 15 is 0 Å². The van der Waals surface area contributed by atoms with E-state index in [2.05, 4.69) is 5.10 Å². The summed E-state index contributed by atoms with van der Waals surface area (Å²) in [5, 5.41) is 24.5. The molecule has 2 heterocycles. The first-order valence-electron chi connectivity index (χ1n) is 8.66. The number of nitrogens with zero attached hydrogens (tertiary/aromatic N) is 4. The molecule has 0 radical (unpaired) electrons. The van der Waals surface area contributed by atoms with Gasteiger partial charge < -0.3 is 10.0 Å². The van der Waals surface area contributed by atoms with E-state index in [4.69, 9.17) is 5.11 Å². The number of carbonyl (C=O) groups is 2. The molecule has 10 heteroatoms. The van der Waals surface area contributed by atoms with Gasteiger partial charge in [0.2, 0.25) is 5.43 Å². The molecule has 146 valence electrons. The van der Waals surface area contributed by atoms with Crippen LogP contribution in [0.1, 0.15) is 29.0 Å². The molecule has 1 aliphatic heterocycles. The van der Waals surface area contributed by atoms with Crippen molar-refractivity contribution in [1.29, 1.82) is 0 Å². The van der Waals surface area contributed by atoms with Crippen molar-refractivity contribution in [2.75, 3.05) is 13.1 Å². The first-order valence-corrected chi connectivity index (χ1v) is 8.66. The Balaban J connectivity index is 1.97. The van der Waals surface area contributed by atoms with Crippen LogP contribution < -0.4 is 5.43 Å². The molecule has 1 aromatic carbocycles. The van der Waals surface area contributed by atoms with Gasteiger partial charge in [-0.05, 0) is 25.8 Å². The van der Waals surface area contributed by atoms with Crippen LogP contribution in [0.5, 0.6) is 0 Å². The Kier molecular flexibility index (Phi) is 5.21. The zero-order valence-electron chi connectivity index (χ0n) is 15.1. The van der Waals surface area contributed by atoms with E-state index in [0.29, 0.717) is 18.5 Å². The fourth-order valence-electron chi connectivity index (χ4n) is 3.22. The Morgan fingerprint density at radius 1 is 1.25 bits per heavy atom. The maximum Gasteiger partial charge on any atom is 0.306 e. The molecule has 2 aromatic rings. The van der Waals surface area contributed by atoms with Gasteiger partial charge in [0, 0.05) is 30.9 Å². The number of aryl methyl sites for hydroxylation is 1. The largest absolute Gasteiger partial charge is 0.481 e. The van der Waals surface area contributed by atoms with Crippen molar-refractivity contribution in [3.05, 3.63) is 62.1 Å². The second kappa shape index (κ2) is 7.59. The fourth-order valence-corrected chi connectivity index (χ4v) is 3.22. The van der Waals surface area contributed by atoms with Crippen LogP contribution in [-0.2, 0) is 4.79 Å². The van der Waals surface area contributed by atoms with Crippen LogP contribution in [0.3, 0.4) is 0 Å². The number of piperidine rings is 1. The van der Waals surface area contributed by atoms with Gasteiger partial charge in [-0.25, -0.2) is 4.68 Å². The molecule has 0 unspecified atom stereocenters. The van der Waals surface area contributed by atoms with Crippen LogP contribution in [0.2, 0.25) is 0 Å². The number of nitro benzene ring substituents is 1. The Hall–Kier alpha value is -3.56. The normalized spacial score (nSPS) is 14.7. The summed E-state index contributed by atoms with van der Waals surface area (Å²) in [5.41, 5.74) is -0.651. The molecule has 0 atom stereocenters.